The Bertz CT molecular complexity index is 534. The summed E-state index contributed by atoms with van der Waals surface area (Å²) in [5.74, 6) is 1.36. The molecule has 1 unspecified atom stereocenters. The third-order valence-corrected chi connectivity index (χ3v) is 3.68. The highest BCUT2D eigenvalue weighted by Gasteiger charge is 2.17. The highest BCUT2D eigenvalue weighted by Crippen LogP contribution is 2.34. The molecule has 0 saturated carbocycles. The van der Waals surface area contributed by atoms with E-state index >= 15 is 0 Å². The molecule has 0 amide bonds. The molecule has 0 aliphatic carbocycles. The van der Waals surface area contributed by atoms with Crippen LogP contribution in [0.4, 0.5) is 0 Å². The zero-order chi connectivity index (χ0) is 13.1. The Labute approximate surface area is 111 Å². The number of aliphatic hydroxyl groups is 1. The van der Waals surface area contributed by atoms with Crippen LogP contribution in [0.25, 0.3) is 0 Å². The van der Waals surface area contributed by atoms with Crippen molar-refractivity contribution in [1.29, 1.82) is 0 Å². The summed E-state index contributed by atoms with van der Waals surface area (Å²) < 4.78 is 10.5. The largest absolute Gasteiger partial charge is 0.497 e. The van der Waals surface area contributed by atoms with Crippen LogP contribution in [0, 0.1) is 6.92 Å². The average molecular weight is 264 g/mol. The van der Waals surface area contributed by atoms with E-state index < -0.39 is 6.10 Å². The molecule has 1 aromatic carbocycles. The lowest BCUT2D eigenvalue weighted by atomic mass is 10.0. The van der Waals surface area contributed by atoms with Crippen LogP contribution in [0.15, 0.2) is 29.6 Å². The highest BCUT2D eigenvalue weighted by atomic mass is 32.1. The maximum absolute atomic E-state index is 10.4. The van der Waals surface area contributed by atoms with E-state index in [0.29, 0.717) is 11.5 Å². The second-order valence-electron chi connectivity index (χ2n) is 4.00. The van der Waals surface area contributed by atoms with Gasteiger partial charge >= 0.3 is 0 Å². The smallest absolute Gasteiger partial charge is 0.125 e. The minimum Gasteiger partial charge on any atom is -0.497 e. The average Bonchev–Trinajstić information content (AvgIpc) is 2.83. The Morgan fingerprint density at radius 2 is 1.94 bits per heavy atom. The second kappa shape index (κ2) is 5.42. The quantitative estimate of drug-likeness (QED) is 0.922. The van der Waals surface area contributed by atoms with Crippen molar-refractivity contribution in [2.75, 3.05) is 14.2 Å². The van der Waals surface area contributed by atoms with E-state index in [0.717, 1.165) is 11.1 Å². The van der Waals surface area contributed by atoms with E-state index in [1.165, 1.54) is 4.88 Å². The van der Waals surface area contributed by atoms with E-state index in [1.54, 1.807) is 37.7 Å². The van der Waals surface area contributed by atoms with Crippen LogP contribution in [0.3, 0.4) is 0 Å². The molecule has 0 aliphatic rings. The van der Waals surface area contributed by atoms with Crippen LogP contribution >= 0.6 is 11.3 Å². The topological polar surface area (TPSA) is 38.7 Å². The van der Waals surface area contributed by atoms with Crippen LogP contribution in [0.2, 0.25) is 0 Å². The van der Waals surface area contributed by atoms with Crippen LogP contribution in [0.1, 0.15) is 22.1 Å². The van der Waals surface area contributed by atoms with Gasteiger partial charge in [-0.15, -0.1) is 11.3 Å². The lowest BCUT2D eigenvalue weighted by Gasteiger charge is -2.15. The zero-order valence-electron chi connectivity index (χ0n) is 10.6. The predicted octanol–water partition coefficient (Wildman–Crippen LogP) is 3.16. The third-order valence-electron chi connectivity index (χ3n) is 2.80. The third kappa shape index (κ3) is 2.49. The van der Waals surface area contributed by atoms with Gasteiger partial charge in [-0.1, -0.05) is 0 Å². The van der Waals surface area contributed by atoms with Crippen LogP contribution in [-0.4, -0.2) is 19.3 Å². The van der Waals surface area contributed by atoms with Gasteiger partial charge in [0.05, 0.1) is 14.2 Å². The standard InChI is InChI=1S/C14H16O3S/c1-9-6-10(8-18-9)14(15)12-7-11(16-2)4-5-13(12)17-3/h4-8,14-15H,1-3H3. The van der Waals surface area contributed by atoms with Gasteiger partial charge in [0.15, 0.2) is 0 Å². The second-order valence-corrected chi connectivity index (χ2v) is 5.12. The number of thiophene rings is 1. The van der Waals surface area contributed by atoms with Gasteiger partial charge in [-0.05, 0) is 42.1 Å². The molecule has 3 nitrogen and oxygen atoms in total. The van der Waals surface area contributed by atoms with Crippen molar-refractivity contribution in [1.82, 2.24) is 0 Å². The molecule has 0 aliphatic heterocycles. The number of rotatable bonds is 4. The van der Waals surface area contributed by atoms with Gasteiger partial charge in [0, 0.05) is 10.4 Å². The van der Waals surface area contributed by atoms with Gasteiger partial charge < -0.3 is 14.6 Å². The Morgan fingerprint density at radius 3 is 2.50 bits per heavy atom. The molecule has 1 heterocycles. The Kier molecular flexibility index (Phi) is 3.89. The monoisotopic (exact) mass is 264 g/mol. The number of methoxy groups -OCH3 is 2. The lowest BCUT2D eigenvalue weighted by Crippen LogP contribution is -2.02. The fourth-order valence-electron chi connectivity index (χ4n) is 1.84. The molecule has 2 rings (SSSR count). The maximum atomic E-state index is 10.4. The van der Waals surface area contributed by atoms with Crippen LogP contribution < -0.4 is 9.47 Å². The van der Waals surface area contributed by atoms with E-state index in [4.69, 9.17) is 9.47 Å². The summed E-state index contributed by atoms with van der Waals surface area (Å²) in [5, 5.41) is 12.4. The molecule has 0 fully saturated rings. The maximum Gasteiger partial charge on any atom is 0.125 e. The van der Waals surface area contributed by atoms with Gasteiger partial charge in [-0.25, -0.2) is 0 Å². The number of ether oxygens (including phenoxy) is 2. The molecular formula is C14H16O3S. The van der Waals surface area contributed by atoms with Crippen molar-refractivity contribution in [3.05, 3.63) is 45.6 Å². The molecule has 1 aromatic heterocycles. The zero-order valence-corrected chi connectivity index (χ0v) is 11.5. The first-order chi connectivity index (χ1) is 8.65. The van der Waals surface area contributed by atoms with Crippen molar-refractivity contribution in [3.8, 4) is 11.5 Å². The molecule has 1 N–H and O–H groups in total. The summed E-state index contributed by atoms with van der Waals surface area (Å²) in [5.41, 5.74) is 1.60. The Balaban J connectivity index is 2.41. The van der Waals surface area contributed by atoms with E-state index in [-0.39, 0.29) is 0 Å². The van der Waals surface area contributed by atoms with Crippen molar-refractivity contribution < 1.29 is 14.6 Å². The first-order valence-electron chi connectivity index (χ1n) is 5.60. The molecular weight excluding hydrogens is 248 g/mol. The molecule has 18 heavy (non-hydrogen) atoms. The summed E-state index contributed by atoms with van der Waals surface area (Å²) in [6.45, 7) is 2.02. The minimum atomic E-state index is -0.694. The number of hydrogen-bond acceptors (Lipinski definition) is 4. The number of aliphatic hydroxyl groups excluding tert-OH is 1. The van der Waals surface area contributed by atoms with Crippen molar-refractivity contribution in [2.45, 2.75) is 13.0 Å². The van der Waals surface area contributed by atoms with Gasteiger partial charge in [-0.3, -0.25) is 0 Å². The summed E-state index contributed by atoms with van der Waals surface area (Å²) in [7, 11) is 3.20. The molecule has 1 atom stereocenters. The van der Waals surface area contributed by atoms with Crippen LogP contribution in [-0.2, 0) is 0 Å². The van der Waals surface area contributed by atoms with Crippen molar-refractivity contribution >= 4 is 11.3 Å². The number of hydrogen-bond donors (Lipinski definition) is 1. The SMILES string of the molecule is COc1ccc(OC)c(C(O)c2csc(C)c2)c1. The van der Waals surface area contributed by atoms with Crippen molar-refractivity contribution in [2.24, 2.45) is 0 Å². The van der Waals surface area contributed by atoms with E-state index in [1.807, 2.05) is 24.4 Å². The predicted molar refractivity (Wildman–Crippen MR) is 72.7 cm³/mol. The minimum absolute atomic E-state index is 0.659. The molecule has 0 spiro atoms. The Hall–Kier alpha value is -1.52. The first-order valence-corrected chi connectivity index (χ1v) is 6.48. The summed E-state index contributed by atoms with van der Waals surface area (Å²) in [6, 6.07) is 7.40. The van der Waals surface area contributed by atoms with Gasteiger partial charge in [0.2, 0.25) is 0 Å². The lowest BCUT2D eigenvalue weighted by molar-refractivity contribution is 0.214. The summed E-state index contributed by atoms with van der Waals surface area (Å²) >= 11 is 1.62. The highest BCUT2D eigenvalue weighted by molar-refractivity contribution is 7.10. The fraction of sp³-hybridized carbons (Fsp3) is 0.286. The first kappa shape index (κ1) is 12.9. The van der Waals surface area contributed by atoms with Crippen LogP contribution in [0.5, 0.6) is 11.5 Å². The number of benzene rings is 1. The molecule has 0 radical (unpaired) electrons. The summed E-state index contributed by atoms with van der Waals surface area (Å²) in [4.78, 5) is 1.17. The van der Waals surface area contributed by atoms with Gasteiger partial charge in [0.25, 0.3) is 0 Å². The molecule has 96 valence electrons. The molecule has 4 heteroatoms. The van der Waals surface area contributed by atoms with Crippen molar-refractivity contribution in [3.63, 3.8) is 0 Å². The van der Waals surface area contributed by atoms with Gasteiger partial charge in [0.1, 0.15) is 17.6 Å². The van der Waals surface area contributed by atoms with E-state index in [2.05, 4.69) is 0 Å². The Morgan fingerprint density at radius 1 is 1.17 bits per heavy atom. The molecule has 0 bridgehead atoms. The fourth-order valence-corrected chi connectivity index (χ4v) is 2.56. The van der Waals surface area contributed by atoms with E-state index in [9.17, 15) is 5.11 Å². The molecule has 2 aromatic rings. The number of aryl methyl sites for hydroxylation is 1. The summed E-state index contributed by atoms with van der Waals surface area (Å²) in [6.07, 6.45) is -0.694. The normalized spacial score (nSPS) is 12.2. The van der Waals surface area contributed by atoms with Gasteiger partial charge in [-0.2, -0.15) is 0 Å². The molecule has 0 saturated heterocycles.